The maximum absolute atomic E-state index is 12.5. The van der Waals surface area contributed by atoms with Crippen LogP contribution in [0.15, 0.2) is 12.1 Å². The third-order valence-electron chi connectivity index (χ3n) is 1.86. The molecule has 0 unspecified atom stereocenters. The highest BCUT2D eigenvalue weighted by Gasteiger charge is 2.35. The van der Waals surface area contributed by atoms with Gasteiger partial charge < -0.3 is 10.5 Å². The van der Waals surface area contributed by atoms with Crippen LogP contribution in [0.2, 0.25) is 5.02 Å². The molecule has 1 amide bonds. The van der Waals surface area contributed by atoms with Gasteiger partial charge in [0, 0.05) is 0 Å². The van der Waals surface area contributed by atoms with Crippen LogP contribution in [0.5, 0.6) is 5.75 Å². The van der Waals surface area contributed by atoms with Crippen LogP contribution >= 0.6 is 11.6 Å². The Morgan fingerprint density at radius 3 is 2.38 bits per heavy atom. The standard InChI is InChI=1S/C9H7ClF3NO2/c1-16-7-2-4(8(14)15)6(10)3-5(7)9(11,12)13/h2-3H,1H3,(H2,14,15). The van der Waals surface area contributed by atoms with E-state index in [0.29, 0.717) is 6.07 Å². The number of nitrogens with two attached hydrogens (primary N) is 1. The van der Waals surface area contributed by atoms with Crippen LogP contribution in [-0.4, -0.2) is 13.0 Å². The van der Waals surface area contributed by atoms with Crippen LogP contribution in [0.3, 0.4) is 0 Å². The van der Waals surface area contributed by atoms with Crippen molar-refractivity contribution in [1.29, 1.82) is 0 Å². The van der Waals surface area contributed by atoms with Crippen molar-refractivity contribution in [3.05, 3.63) is 28.3 Å². The fourth-order valence-electron chi connectivity index (χ4n) is 1.13. The van der Waals surface area contributed by atoms with Gasteiger partial charge in [-0.25, -0.2) is 0 Å². The van der Waals surface area contributed by atoms with Gasteiger partial charge in [0.05, 0.1) is 23.3 Å². The summed E-state index contributed by atoms with van der Waals surface area (Å²) in [6, 6.07) is 1.48. The van der Waals surface area contributed by atoms with Crippen LogP contribution < -0.4 is 10.5 Å². The predicted molar refractivity (Wildman–Crippen MR) is 51.5 cm³/mol. The zero-order chi connectivity index (χ0) is 12.5. The van der Waals surface area contributed by atoms with Gasteiger partial charge in [-0.2, -0.15) is 13.2 Å². The van der Waals surface area contributed by atoms with Gasteiger partial charge in [-0.1, -0.05) is 11.6 Å². The van der Waals surface area contributed by atoms with Crippen molar-refractivity contribution in [3.8, 4) is 5.75 Å². The summed E-state index contributed by atoms with van der Waals surface area (Å²) in [7, 11) is 1.06. The van der Waals surface area contributed by atoms with Crippen LogP contribution in [0.25, 0.3) is 0 Å². The van der Waals surface area contributed by atoms with E-state index in [0.717, 1.165) is 13.2 Å². The van der Waals surface area contributed by atoms with E-state index in [4.69, 9.17) is 17.3 Å². The number of ether oxygens (including phenoxy) is 1. The zero-order valence-corrected chi connectivity index (χ0v) is 8.82. The summed E-state index contributed by atoms with van der Waals surface area (Å²) in [4.78, 5) is 10.9. The third kappa shape index (κ3) is 2.38. The molecule has 0 aliphatic heterocycles. The molecule has 0 aromatic heterocycles. The van der Waals surface area contributed by atoms with Crippen LogP contribution in [0, 0.1) is 0 Å². The van der Waals surface area contributed by atoms with E-state index in [1.165, 1.54) is 0 Å². The van der Waals surface area contributed by atoms with Gasteiger partial charge in [-0.05, 0) is 12.1 Å². The summed E-state index contributed by atoms with van der Waals surface area (Å²) in [6.45, 7) is 0. The Morgan fingerprint density at radius 1 is 1.44 bits per heavy atom. The highest BCUT2D eigenvalue weighted by Crippen LogP contribution is 2.38. The number of rotatable bonds is 2. The molecule has 1 aromatic rings. The van der Waals surface area contributed by atoms with Gasteiger partial charge in [-0.15, -0.1) is 0 Å². The molecule has 16 heavy (non-hydrogen) atoms. The molecule has 0 bridgehead atoms. The molecule has 2 N–H and O–H groups in total. The average molecular weight is 254 g/mol. The average Bonchev–Trinajstić information content (AvgIpc) is 2.15. The van der Waals surface area contributed by atoms with E-state index >= 15 is 0 Å². The van der Waals surface area contributed by atoms with Crippen LogP contribution in [0.4, 0.5) is 13.2 Å². The van der Waals surface area contributed by atoms with E-state index in [2.05, 4.69) is 4.74 Å². The molecule has 0 saturated heterocycles. The summed E-state index contributed by atoms with van der Waals surface area (Å²) >= 11 is 5.50. The molecule has 1 aromatic carbocycles. The fraction of sp³-hybridized carbons (Fsp3) is 0.222. The highest BCUT2D eigenvalue weighted by molar-refractivity contribution is 6.34. The molecule has 0 radical (unpaired) electrons. The Labute approximate surface area is 93.9 Å². The first-order valence-corrected chi connectivity index (χ1v) is 4.39. The summed E-state index contributed by atoms with van der Waals surface area (Å²) in [5, 5.41) is -0.361. The quantitative estimate of drug-likeness (QED) is 0.880. The smallest absolute Gasteiger partial charge is 0.420 e. The molecule has 0 spiro atoms. The second kappa shape index (κ2) is 4.21. The second-order valence-electron chi connectivity index (χ2n) is 2.89. The first-order chi connectivity index (χ1) is 7.27. The maximum atomic E-state index is 12.5. The Hall–Kier alpha value is -1.43. The van der Waals surface area contributed by atoms with Gasteiger partial charge in [0.15, 0.2) is 0 Å². The lowest BCUT2D eigenvalue weighted by molar-refractivity contribution is -0.138. The Bertz CT molecular complexity index is 431. The number of hydrogen-bond acceptors (Lipinski definition) is 2. The summed E-state index contributed by atoms with van der Waals surface area (Å²) in [6.07, 6.45) is -4.61. The van der Waals surface area contributed by atoms with E-state index < -0.39 is 23.4 Å². The molecule has 1 rings (SSSR count). The maximum Gasteiger partial charge on any atom is 0.420 e. The minimum atomic E-state index is -4.61. The van der Waals surface area contributed by atoms with E-state index in [-0.39, 0.29) is 10.6 Å². The lowest BCUT2D eigenvalue weighted by atomic mass is 10.1. The number of benzene rings is 1. The summed E-state index contributed by atoms with van der Waals surface area (Å²) in [5.41, 5.74) is 3.67. The number of halogens is 4. The summed E-state index contributed by atoms with van der Waals surface area (Å²) in [5.74, 6) is -1.41. The molecule has 0 fully saturated rings. The fourth-order valence-corrected chi connectivity index (χ4v) is 1.39. The molecule has 7 heteroatoms. The number of hydrogen-bond donors (Lipinski definition) is 1. The molecular weight excluding hydrogens is 247 g/mol. The number of alkyl halides is 3. The minimum absolute atomic E-state index is 0.216. The topological polar surface area (TPSA) is 52.3 Å². The first-order valence-electron chi connectivity index (χ1n) is 4.02. The lowest BCUT2D eigenvalue weighted by Crippen LogP contribution is -2.14. The van der Waals surface area contributed by atoms with Crippen molar-refractivity contribution in [2.45, 2.75) is 6.18 Å². The number of carbonyl (C=O) groups excluding carboxylic acids is 1. The van der Waals surface area contributed by atoms with Crippen LogP contribution in [0.1, 0.15) is 15.9 Å². The van der Waals surface area contributed by atoms with Gasteiger partial charge >= 0.3 is 6.18 Å². The van der Waals surface area contributed by atoms with Crippen molar-refractivity contribution in [3.63, 3.8) is 0 Å². The Morgan fingerprint density at radius 2 is 2.00 bits per heavy atom. The molecule has 0 heterocycles. The van der Waals surface area contributed by atoms with Crippen molar-refractivity contribution in [2.24, 2.45) is 5.73 Å². The zero-order valence-electron chi connectivity index (χ0n) is 8.06. The largest absolute Gasteiger partial charge is 0.496 e. The Kier molecular flexibility index (Phi) is 3.32. The Balaban J connectivity index is 3.44. The lowest BCUT2D eigenvalue weighted by Gasteiger charge is -2.13. The SMILES string of the molecule is COc1cc(C(N)=O)c(Cl)cc1C(F)(F)F. The van der Waals surface area contributed by atoms with Crippen molar-refractivity contribution in [1.82, 2.24) is 0 Å². The predicted octanol–water partition coefficient (Wildman–Crippen LogP) is 2.47. The molecule has 0 aliphatic rings. The summed E-state index contributed by atoms with van der Waals surface area (Å²) < 4.78 is 42.0. The molecule has 88 valence electrons. The van der Waals surface area contributed by atoms with E-state index in [9.17, 15) is 18.0 Å². The first kappa shape index (κ1) is 12.6. The molecule has 0 atom stereocenters. The number of amides is 1. The van der Waals surface area contributed by atoms with Gasteiger partial charge in [0.2, 0.25) is 5.91 Å². The highest BCUT2D eigenvalue weighted by atomic mass is 35.5. The van der Waals surface area contributed by atoms with Gasteiger partial charge in [0.1, 0.15) is 5.75 Å². The third-order valence-corrected chi connectivity index (χ3v) is 2.17. The van der Waals surface area contributed by atoms with Crippen molar-refractivity contribution < 1.29 is 22.7 Å². The van der Waals surface area contributed by atoms with Crippen molar-refractivity contribution >= 4 is 17.5 Å². The molecular formula is C9H7ClF3NO2. The van der Waals surface area contributed by atoms with Crippen molar-refractivity contribution in [2.75, 3.05) is 7.11 Å². The van der Waals surface area contributed by atoms with E-state index in [1.54, 1.807) is 0 Å². The van der Waals surface area contributed by atoms with E-state index in [1.807, 2.05) is 0 Å². The normalized spacial score (nSPS) is 11.3. The van der Waals surface area contributed by atoms with Gasteiger partial charge in [-0.3, -0.25) is 4.79 Å². The monoisotopic (exact) mass is 253 g/mol. The van der Waals surface area contributed by atoms with Gasteiger partial charge in [0.25, 0.3) is 0 Å². The molecule has 3 nitrogen and oxygen atoms in total. The molecule has 0 saturated carbocycles. The van der Waals surface area contributed by atoms with Crippen LogP contribution in [-0.2, 0) is 6.18 Å². The second-order valence-corrected chi connectivity index (χ2v) is 3.30. The number of methoxy groups -OCH3 is 1. The number of carbonyl (C=O) groups is 1. The minimum Gasteiger partial charge on any atom is -0.496 e. The number of primary amides is 1. The molecule has 0 aliphatic carbocycles.